The predicted molar refractivity (Wildman–Crippen MR) is 45.7 cm³/mol. The van der Waals surface area contributed by atoms with E-state index in [1.807, 2.05) is 0 Å². The monoisotopic (exact) mass is 232 g/mol. The second-order valence-electron chi connectivity index (χ2n) is 2.03. The zero-order valence-corrected chi connectivity index (χ0v) is 7.67. The van der Waals surface area contributed by atoms with E-state index >= 15 is 0 Å². The molecule has 0 saturated heterocycles. The Morgan fingerprint density at radius 3 is 2.92 bits per heavy atom. The van der Waals surface area contributed by atoms with E-state index in [1.165, 1.54) is 6.07 Å². The topological polar surface area (TPSA) is 26.3 Å². The maximum atomic E-state index is 12.9. The molecular formula is C8H6BrFO2. The van der Waals surface area contributed by atoms with Crippen LogP contribution in [0.4, 0.5) is 4.39 Å². The van der Waals surface area contributed by atoms with Gasteiger partial charge in [-0.2, -0.15) is 0 Å². The summed E-state index contributed by atoms with van der Waals surface area (Å²) in [4.78, 5) is 9.94. The molecule has 4 heteroatoms. The molecule has 12 heavy (non-hydrogen) atoms. The summed E-state index contributed by atoms with van der Waals surface area (Å²) in [6.07, 6.45) is 0.568. The number of halogens is 2. The van der Waals surface area contributed by atoms with Crippen LogP contribution in [0.2, 0.25) is 0 Å². The molecule has 0 radical (unpaired) electrons. The van der Waals surface area contributed by atoms with Crippen LogP contribution in [0.25, 0.3) is 0 Å². The average molecular weight is 233 g/mol. The molecule has 0 aliphatic rings. The Bertz CT molecular complexity index is 268. The molecule has 1 aromatic rings. The maximum Gasteiger partial charge on any atom is 0.169 e. The van der Waals surface area contributed by atoms with Crippen molar-refractivity contribution in [3.63, 3.8) is 0 Å². The Balaban J connectivity index is 2.88. The number of carbonyl (C=O) groups is 1. The van der Waals surface area contributed by atoms with E-state index in [9.17, 15) is 9.18 Å². The first-order valence-electron chi connectivity index (χ1n) is 3.26. The molecule has 0 amide bonds. The highest BCUT2D eigenvalue weighted by molar-refractivity contribution is 9.10. The molecule has 0 saturated carbocycles. The van der Waals surface area contributed by atoms with E-state index in [4.69, 9.17) is 4.74 Å². The standard InChI is InChI=1S/C8H6BrFO2/c9-6-2-1-3-7(10)8(6)12-5-4-11/h1-4H,5H2. The molecule has 0 fully saturated rings. The number of aldehydes is 1. The van der Waals surface area contributed by atoms with Gasteiger partial charge in [-0.15, -0.1) is 0 Å². The van der Waals surface area contributed by atoms with Gasteiger partial charge in [0.05, 0.1) is 4.47 Å². The van der Waals surface area contributed by atoms with Gasteiger partial charge in [-0.3, -0.25) is 4.79 Å². The molecule has 0 aliphatic carbocycles. The van der Waals surface area contributed by atoms with Crippen molar-refractivity contribution in [2.24, 2.45) is 0 Å². The van der Waals surface area contributed by atoms with Crippen molar-refractivity contribution in [2.75, 3.05) is 6.61 Å². The molecule has 0 spiro atoms. The van der Waals surface area contributed by atoms with E-state index in [0.717, 1.165) is 0 Å². The number of carbonyl (C=O) groups excluding carboxylic acids is 1. The molecule has 0 aromatic heterocycles. The first-order chi connectivity index (χ1) is 5.75. The Hall–Kier alpha value is -0.900. The third-order valence-corrected chi connectivity index (χ3v) is 1.84. The number of ether oxygens (including phenoxy) is 1. The van der Waals surface area contributed by atoms with Gasteiger partial charge in [-0.25, -0.2) is 4.39 Å². The third-order valence-electron chi connectivity index (χ3n) is 1.21. The molecular weight excluding hydrogens is 227 g/mol. The SMILES string of the molecule is O=CCOc1c(F)cccc1Br. The molecule has 0 unspecified atom stereocenters. The predicted octanol–water partition coefficient (Wildman–Crippen LogP) is 2.17. The van der Waals surface area contributed by atoms with Crippen LogP contribution in [0.3, 0.4) is 0 Å². The molecule has 64 valence electrons. The average Bonchev–Trinajstić information content (AvgIpc) is 2.04. The number of para-hydroxylation sites is 1. The quantitative estimate of drug-likeness (QED) is 0.747. The normalized spacial score (nSPS) is 9.50. The Morgan fingerprint density at radius 1 is 1.58 bits per heavy atom. The highest BCUT2D eigenvalue weighted by atomic mass is 79.9. The van der Waals surface area contributed by atoms with Crippen LogP contribution in [-0.2, 0) is 4.79 Å². The fraction of sp³-hybridized carbons (Fsp3) is 0.125. The zero-order valence-electron chi connectivity index (χ0n) is 6.09. The maximum absolute atomic E-state index is 12.9. The van der Waals surface area contributed by atoms with E-state index in [0.29, 0.717) is 10.8 Å². The Morgan fingerprint density at radius 2 is 2.33 bits per heavy atom. The summed E-state index contributed by atoms with van der Waals surface area (Å²) in [5.41, 5.74) is 0. The van der Waals surface area contributed by atoms with E-state index in [1.54, 1.807) is 12.1 Å². The largest absolute Gasteiger partial charge is 0.482 e. The lowest BCUT2D eigenvalue weighted by Crippen LogP contribution is -2.00. The molecule has 0 bridgehead atoms. The second kappa shape index (κ2) is 4.21. The number of hydrogen-bond acceptors (Lipinski definition) is 2. The van der Waals surface area contributed by atoms with E-state index in [-0.39, 0.29) is 12.4 Å². The molecule has 2 nitrogen and oxygen atoms in total. The van der Waals surface area contributed by atoms with Gasteiger partial charge in [0.15, 0.2) is 17.9 Å². The molecule has 0 N–H and O–H groups in total. The van der Waals surface area contributed by atoms with Gasteiger partial charge in [0.2, 0.25) is 0 Å². The van der Waals surface area contributed by atoms with Crippen LogP contribution in [0.1, 0.15) is 0 Å². The summed E-state index contributed by atoms with van der Waals surface area (Å²) in [5.74, 6) is -0.407. The highest BCUT2D eigenvalue weighted by Crippen LogP contribution is 2.27. The number of benzene rings is 1. The third kappa shape index (κ3) is 2.04. The molecule has 1 rings (SSSR count). The van der Waals surface area contributed by atoms with Crippen LogP contribution in [0.5, 0.6) is 5.75 Å². The van der Waals surface area contributed by atoms with Gasteiger partial charge in [0, 0.05) is 0 Å². The number of hydrogen-bond donors (Lipinski definition) is 0. The van der Waals surface area contributed by atoms with Crippen molar-refractivity contribution in [2.45, 2.75) is 0 Å². The fourth-order valence-corrected chi connectivity index (χ4v) is 1.19. The smallest absolute Gasteiger partial charge is 0.169 e. The van der Waals surface area contributed by atoms with Crippen molar-refractivity contribution in [1.82, 2.24) is 0 Å². The van der Waals surface area contributed by atoms with Crippen molar-refractivity contribution >= 4 is 22.2 Å². The molecule has 1 aromatic carbocycles. The minimum Gasteiger partial charge on any atom is -0.482 e. The fourth-order valence-electron chi connectivity index (χ4n) is 0.738. The summed E-state index contributed by atoms with van der Waals surface area (Å²) in [5, 5.41) is 0. The first-order valence-corrected chi connectivity index (χ1v) is 4.05. The Labute approximate surface area is 77.5 Å². The minimum absolute atomic E-state index is 0.0737. The van der Waals surface area contributed by atoms with Crippen LogP contribution in [0.15, 0.2) is 22.7 Å². The summed E-state index contributed by atoms with van der Waals surface area (Å²) in [6, 6.07) is 4.46. The lowest BCUT2D eigenvalue weighted by molar-refractivity contribution is -0.109. The summed E-state index contributed by atoms with van der Waals surface area (Å²) >= 11 is 3.10. The second-order valence-corrected chi connectivity index (χ2v) is 2.88. The first kappa shape index (κ1) is 9.19. The van der Waals surface area contributed by atoms with Gasteiger partial charge in [-0.05, 0) is 28.1 Å². The van der Waals surface area contributed by atoms with Crippen molar-refractivity contribution < 1.29 is 13.9 Å². The number of rotatable bonds is 3. The summed E-state index contributed by atoms with van der Waals surface area (Å²) in [7, 11) is 0. The van der Waals surface area contributed by atoms with Gasteiger partial charge < -0.3 is 4.74 Å². The van der Waals surface area contributed by atoms with Crippen LogP contribution in [-0.4, -0.2) is 12.9 Å². The van der Waals surface area contributed by atoms with Crippen molar-refractivity contribution in [3.8, 4) is 5.75 Å². The summed E-state index contributed by atoms with van der Waals surface area (Å²) in [6.45, 7) is -0.139. The van der Waals surface area contributed by atoms with Crippen LogP contribution >= 0.6 is 15.9 Å². The lowest BCUT2D eigenvalue weighted by atomic mass is 10.3. The molecule has 0 aliphatic heterocycles. The highest BCUT2D eigenvalue weighted by Gasteiger charge is 2.06. The van der Waals surface area contributed by atoms with Gasteiger partial charge in [0.25, 0.3) is 0 Å². The minimum atomic E-state index is -0.480. The Kier molecular flexibility index (Phi) is 3.22. The van der Waals surface area contributed by atoms with Crippen LogP contribution in [0, 0.1) is 5.82 Å². The van der Waals surface area contributed by atoms with Crippen molar-refractivity contribution in [3.05, 3.63) is 28.5 Å². The lowest BCUT2D eigenvalue weighted by Gasteiger charge is -2.04. The molecule has 0 heterocycles. The van der Waals surface area contributed by atoms with Gasteiger partial charge in [-0.1, -0.05) is 6.07 Å². The van der Waals surface area contributed by atoms with Gasteiger partial charge in [0.1, 0.15) is 6.61 Å². The zero-order chi connectivity index (χ0) is 8.97. The van der Waals surface area contributed by atoms with Crippen LogP contribution < -0.4 is 4.74 Å². The van der Waals surface area contributed by atoms with E-state index in [2.05, 4.69) is 15.9 Å². The molecule has 0 atom stereocenters. The summed E-state index contributed by atoms with van der Waals surface area (Å²) < 4.78 is 18.2. The van der Waals surface area contributed by atoms with Crippen molar-refractivity contribution in [1.29, 1.82) is 0 Å². The van der Waals surface area contributed by atoms with Gasteiger partial charge >= 0.3 is 0 Å². The van der Waals surface area contributed by atoms with E-state index < -0.39 is 5.82 Å².